The van der Waals surface area contributed by atoms with Crippen LogP contribution in [-0.4, -0.2) is 42.2 Å². The van der Waals surface area contributed by atoms with E-state index in [1.807, 2.05) is 43.3 Å². The minimum absolute atomic E-state index is 0.0830. The zero-order valence-electron chi connectivity index (χ0n) is 19.4. The van der Waals surface area contributed by atoms with Crippen LogP contribution in [0.2, 0.25) is 10.0 Å². The Hall–Kier alpha value is -1.89. The zero-order valence-corrected chi connectivity index (χ0v) is 21.7. The van der Waals surface area contributed by atoms with Gasteiger partial charge in [0.1, 0.15) is 11.8 Å². The van der Waals surface area contributed by atoms with Crippen LogP contribution in [0.25, 0.3) is 0 Å². The first kappa shape index (κ1) is 27.4. The average molecular weight is 512 g/mol. The molecule has 0 fully saturated rings. The third kappa shape index (κ3) is 8.76. The Bertz CT molecular complexity index is 926. The number of thioether (sulfide) groups is 1. The SMILES string of the molecule is CCCCNC(=O)C(CC)N(Cc1cccc(OC)c1)C(=O)CSCc1ccc(Cl)c(Cl)c1. The van der Waals surface area contributed by atoms with Gasteiger partial charge in [0.25, 0.3) is 0 Å². The molecule has 2 rings (SSSR count). The number of benzene rings is 2. The van der Waals surface area contributed by atoms with Gasteiger partial charge in [-0.1, -0.05) is 61.7 Å². The summed E-state index contributed by atoms with van der Waals surface area (Å²) in [5, 5.41) is 3.98. The molecule has 0 aliphatic carbocycles. The lowest BCUT2D eigenvalue weighted by molar-refractivity contribution is -0.139. The van der Waals surface area contributed by atoms with Gasteiger partial charge in [0.15, 0.2) is 0 Å². The van der Waals surface area contributed by atoms with Gasteiger partial charge in [-0.3, -0.25) is 9.59 Å². The topological polar surface area (TPSA) is 58.6 Å². The van der Waals surface area contributed by atoms with Gasteiger partial charge in [-0.2, -0.15) is 0 Å². The van der Waals surface area contributed by atoms with Crippen molar-refractivity contribution in [3.63, 3.8) is 0 Å². The largest absolute Gasteiger partial charge is 0.497 e. The maximum Gasteiger partial charge on any atom is 0.242 e. The number of methoxy groups -OCH3 is 1. The van der Waals surface area contributed by atoms with E-state index in [4.69, 9.17) is 27.9 Å². The summed E-state index contributed by atoms with van der Waals surface area (Å²) in [6.45, 7) is 4.95. The molecule has 180 valence electrons. The molecule has 5 nitrogen and oxygen atoms in total. The Labute approximate surface area is 211 Å². The third-order valence-corrected chi connectivity index (χ3v) is 6.91. The summed E-state index contributed by atoms with van der Waals surface area (Å²) in [4.78, 5) is 27.9. The van der Waals surface area contributed by atoms with Crippen molar-refractivity contribution in [1.82, 2.24) is 10.2 Å². The predicted octanol–water partition coefficient (Wildman–Crippen LogP) is 5.96. The molecular weight excluding hydrogens is 479 g/mol. The maximum absolute atomic E-state index is 13.3. The number of amides is 2. The van der Waals surface area contributed by atoms with Gasteiger partial charge >= 0.3 is 0 Å². The highest BCUT2D eigenvalue weighted by atomic mass is 35.5. The molecular formula is C25H32Cl2N2O3S. The van der Waals surface area contributed by atoms with Gasteiger partial charge in [-0.15, -0.1) is 11.8 Å². The number of hydrogen-bond donors (Lipinski definition) is 1. The van der Waals surface area contributed by atoms with E-state index in [1.54, 1.807) is 18.1 Å². The van der Waals surface area contributed by atoms with Crippen molar-refractivity contribution in [2.24, 2.45) is 0 Å². The summed E-state index contributed by atoms with van der Waals surface area (Å²) in [6, 6.07) is 12.5. The summed E-state index contributed by atoms with van der Waals surface area (Å²) < 4.78 is 5.32. The molecule has 0 bridgehead atoms. The second-order valence-corrected chi connectivity index (χ2v) is 9.48. The van der Waals surface area contributed by atoms with Crippen LogP contribution in [0.1, 0.15) is 44.2 Å². The van der Waals surface area contributed by atoms with Gasteiger partial charge in [0, 0.05) is 18.8 Å². The quantitative estimate of drug-likeness (QED) is 0.337. The highest BCUT2D eigenvalue weighted by Gasteiger charge is 2.28. The number of nitrogens with zero attached hydrogens (tertiary/aromatic N) is 1. The van der Waals surface area contributed by atoms with Gasteiger partial charge < -0.3 is 15.0 Å². The molecule has 1 N–H and O–H groups in total. The number of nitrogens with one attached hydrogen (secondary N) is 1. The summed E-state index contributed by atoms with van der Waals surface area (Å²) in [7, 11) is 1.61. The fourth-order valence-electron chi connectivity index (χ4n) is 3.36. The minimum Gasteiger partial charge on any atom is -0.497 e. The molecule has 0 radical (unpaired) electrons. The molecule has 33 heavy (non-hydrogen) atoms. The Balaban J connectivity index is 2.13. The van der Waals surface area contributed by atoms with E-state index in [9.17, 15) is 9.59 Å². The normalized spacial score (nSPS) is 11.7. The smallest absolute Gasteiger partial charge is 0.242 e. The van der Waals surface area contributed by atoms with Crippen LogP contribution in [0.4, 0.5) is 0 Å². The van der Waals surface area contributed by atoms with Crippen LogP contribution in [-0.2, 0) is 21.9 Å². The van der Waals surface area contributed by atoms with Crippen molar-refractivity contribution < 1.29 is 14.3 Å². The first-order valence-electron chi connectivity index (χ1n) is 11.1. The van der Waals surface area contributed by atoms with Gasteiger partial charge in [-0.25, -0.2) is 0 Å². The molecule has 0 aliphatic rings. The fourth-order valence-corrected chi connectivity index (χ4v) is 4.54. The fraction of sp³-hybridized carbons (Fsp3) is 0.440. The van der Waals surface area contributed by atoms with Crippen molar-refractivity contribution in [1.29, 1.82) is 0 Å². The molecule has 0 saturated carbocycles. The summed E-state index contributed by atoms with van der Waals surface area (Å²) in [5.41, 5.74) is 1.91. The van der Waals surface area contributed by atoms with E-state index in [1.165, 1.54) is 11.8 Å². The molecule has 2 aromatic carbocycles. The van der Waals surface area contributed by atoms with E-state index < -0.39 is 6.04 Å². The number of carbonyl (C=O) groups is 2. The summed E-state index contributed by atoms with van der Waals surface area (Å²) in [6.07, 6.45) is 2.44. The van der Waals surface area contributed by atoms with Crippen LogP contribution in [0.15, 0.2) is 42.5 Å². The maximum atomic E-state index is 13.3. The van der Waals surface area contributed by atoms with Crippen molar-refractivity contribution in [3.05, 3.63) is 63.6 Å². The molecule has 2 amide bonds. The van der Waals surface area contributed by atoms with Gasteiger partial charge in [-0.05, 0) is 48.2 Å². The standard InChI is InChI=1S/C25H32Cl2N2O3S/c1-4-6-12-28-25(31)23(5-2)29(15-18-8-7-9-20(13-18)32-3)24(30)17-33-16-19-10-11-21(26)22(27)14-19/h7-11,13-14,23H,4-6,12,15-17H2,1-3H3,(H,28,31). The molecule has 1 unspecified atom stereocenters. The molecule has 0 aromatic heterocycles. The first-order chi connectivity index (χ1) is 15.9. The van der Waals surface area contributed by atoms with E-state index in [2.05, 4.69) is 12.2 Å². The van der Waals surface area contributed by atoms with E-state index in [-0.39, 0.29) is 17.6 Å². The van der Waals surface area contributed by atoms with Crippen LogP contribution in [0, 0.1) is 0 Å². The second kappa shape index (κ2) is 14.4. The minimum atomic E-state index is -0.536. The van der Waals surface area contributed by atoms with Crippen LogP contribution < -0.4 is 10.1 Å². The number of hydrogen-bond acceptors (Lipinski definition) is 4. The predicted molar refractivity (Wildman–Crippen MR) is 138 cm³/mol. The lowest BCUT2D eigenvalue weighted by Gasteiger charge is -2.30. The highest BCUT2D eigenvalue weighted by molar-refractivity contribution is 7.99. The van der Waals surface area contributed by atoms with Crippen molar-refractivity contribution >= 4 is 46.8 Å². The monoisotopic (exact) mass is 510 g/mol. The Kier molecular flexibility index (Phi) is 11.9. The van der Waals surface area contributed by atoms with Crippen molar-refractivity contribution in [2.75, 3.05) is 19.4 Å². The zero-order chi connectivity index (χ0) is 24.2. The Morgan fingerprint density at radius 3 is 2.55 bits per heavy atom. The third-order valence-electron chi connectivity index (χ3n) is 5.18. The summed E-state index contributed by atoms with van der Waals surface area (Å²) in [5.74, 6) is 1.39. The second-order valence-electron chi connectivity index (χ2n) is 7.68. The number of ether oxygens (including phenoxy) is 1. The van der Waals surface area contributed by atoms with Crippen molar-refractivity contribution in [3.8, 4) is 5.75 Å². The van der Waals surface area contributed by atoms with Gasteiger partial charge in [0.05, 0.1) is 22.9 Å². The van der Waals surface area contributed by atoms with Gasteiger partial charge in [0.2, 0.25) is 11.8 Å². The van der Waals surface area contributed by atoms with E-state index in [0.29, 0.717) is 41.1 Å². The lowest BCUT2D eigenvalue weighted by atomic mass is 10.1. The number of carbonyl (C=O) groups excluding carboxylic acids is 2. The lowest BCUT2D eigenvalue weighted by Crippen LogP contribution is -2.49. The van der Waals surface area contributed by atoms with Crippen LogP contribution >= 0.6 is 35.0 Å². The van der Waals surface area contributed by atoms with Crippen LogP contribution in [0.3, 0.4) is 0 Å². The van der Waals surface area contributed by atoms with Crippen molar-refractivity contribution in [2.45, 2.75) is 51.4 Å². The molecule has 0 spiro atoms. The van der Waals surface area contributed by atoms with E-state index in [0.717, 1.165) is 24.0 Å². The average Bonchev–Trinajstić information content (AvgIpc) is 2.81. The summed E-state index contributed by atoms with van der Waals surface area (Å²) >= 11 is 13.6. The number of rotatable bonds is 13. The molecule has 8 heteroatoms. The molecule has 0 heterocycles. The Morgan fingerprint density at radius 2 is 1.88 bits per heavy atom. The number of halogens is 2. The molecule has 2 aromatic rings. The van der Waals surface area contributed by atoms with E-state index >= 15 is 0 Å². The molecule has 1 atom stereocenters. The van der Waals surface area contributed by atoms with Crippen LogP contribution in [0.5, 0.6) is 5.75 Å². The Morgan fingerprint density at radius 1 is 1.09 bits per heavy atom. The number of unbranched alkanes of at least 4 members (excludes halogenated alkanes) is 1. The molecule has 0 aliphatic heterocycles. The highest BCUT2D eigenvalue weighted by Crippen LogP contribution is 2.25. The first-order valence-corrected chi connectivity index (χ1v) is 13.0. The molecule has 0 saturated heterocycles.